The first kappa shape index (κ1) is 23.9. The second kappa shape index (κ2) is 9.34. The lowest BCUT2D eigenvalue weighted by Crippen LogP contribution is -2.53. The lowest BCUT2D eigenvalue weighted by Gasteiger charge is -2.44. The molecule has 0 radical (unpaired) electrons. The molecule has 6 rings (SSSR count). The number of ether oxygens (including phenoxy) is 3. The maximum atomic E-state index is 14.6. The highest BCUT2D eigenvalue weighted by Gasteiger charge is 2.41. The molecule has 2 aromatic rings. The van der Waals surface area contributed by atoms with Gasteiger partial charge >= 0.3 is 6.09 Å². The predicted molar refractivity (Wildman–Crippen MR) is 132 cm³/mol. The largest absolute Gasteiger partial charge is 0.493 e. The minimum absolute atomic E-state index is 0.0418. The van der Waals surface area contributed by atoms with Crippen LogP contribution in [0.25, 0.3) is 11.1 Å². The van der Waals surface area contributed by atoms with Crippen molar-refractivity contribution in [3.63, 3.8) is 0 Å². The molecule has 0 aromatic heterocycles. The Balaban J connectivity index is 1.34. The van der Waals surface area contributed by atoms with Crippen LogP contribution < -0.4 is 14.8 Å². The van der Waals surface area contributed by atoms with Crippen molar-refractivity contribution in [2.45, 2.75) is 58.8 Å². The molecule has 0 spiro atoms. The number of fused-ring (bicyclic) bond motifs is 4. The summed E-state index contributed by atoms with van der Waals surface area (Å²) in [4.78, 5) is 15.3. The summed E-state index contributed by atoms with van der Waals surface area (Å²) < 4.78 is 32.1. The molecule has 2 bridgehead atoms. The number of carbonyl (C=O) groups excluding carboxylic acids is 1. The molecule has 6 nitrogen and oxygen atoms in total. The number of nitrogens with one attached hydrogen (secondary N) is 1. The van der Waals surface area contributed by atoms with Gasteiger partial charge in [0.25, 0.3) is 0 Å². The molecule has 3 fully saturated rings. The summed E-state index contributed by atoms with van der Waals surface area (Å²) in [6.45, 7) is 11.4. The number of rotatable bonds is 5. The molecule has 2 aromatic carbocycles. The van der Waals surface area contributed by atoms with Crippen molar-refractivity contribution >= 4 is 6.09 Å². The molecule has 35 heavy (non-hydrogen) atoms. The van der Waals surface area contributed by atoms with E-state index in [-0.39, 0.29) is 35.5 Å². The van der Waals surface area contributed by atoms with Crippen LogP contribution in [0.5, 0.6) is 11.5 Å². The predicted octanol–water partition coefficient (Wildman–Crippen LogP) is 5.56. The van der Waals surface area contributed by atoms with Gasteiger partial charge in [-0.3, -0.25) is 4.90 Å². The third kappa shape index (κ3) is 4.96. The smallest absolute Gasteiger partial charge is 0.407 e. The fourth-order valence-corrected chi connectivity index (χ4v) is 5.48. The quantitative estimate of drug-likeness (QED) is 0.605. The summed E-state index contributed by atoms with van der Waals surface area (Å²) in [7, 11) is 0. The minimum atomic E-state index is -0.397. The zero-order valence-corrected chi connectivity index (χ0v) is 21.0. The van der Waals surface area contributed by atoms with Gasteiger partial charge < -0.3 is 19.5 Å². The van der Waals surface area contributed by atoms with E-state index in [1.807, 2.05) is 38.1 Å². The lowest BCUT2D eigenvalue weighted by atomic mass is 9.78. The van der Waals surface area contributed by atoms with Crippen molar-refractivity contribution in [1.29, 1.82) is 0 Å². The number of halogens is 1. The van der Waals surface area contributed by atoms with Crippen molar-refractivity contribution in [3.8, 4) is 22.6 Å². The number of hydrogen-bond acceptors (Lipinski definition) is 5. The van der Waals surface area contributed by atoms with Crippen molar-refractivity contribution in [2.75, 3.05) is 26.2 Å². The Labute approximate surface area is 206 Å². The number of carbonyl (C=O) groups is 1. The monoisotopic (exact) mass is 482 g/mol. The van der Waals surface area contributed by atoms with E-state index in [1.54, 1.807) is 6.07 Å². The van der Waals surface area contributed by atoms with Gasteiger partial charge in [0.15, 0.2) is 11.6 Å². The van der Waals surface area contributed by atoms with E-state index in [1.165, 1.54) is 6.07 Å². The van der Waals surface area contributed by atoms with Crippen LogP contribution in [0.3, 0.4) is 0 Å². The molecule has 7 heteroatoms. The van der Waals surface area contributed by atoms with Crippen LogP contribution in [0, 0.1) is 17.2 Å². The maximum absolute atomic E-state index is 14.6. The summed E-state index contributed by atoms with van der Waals surface area (Å²) in [6.07, 6.45) is 1.67. The fourth-order valence-electron chi connectivity index (χ4n) is 5.48. The maximum Gasteiger partial charge on any atom is 0.407 e. The van der Waals surface area contributed by atoms with Crippen LogP contribution in [0.1, 0.15) is 52.1 Å². The summed E-state index contributed by atoms with van der Waals surface area (Å²) in [5.74, 6) is 0.996. The van der Waals surface area contributed by atoms with Crippen LogP contribution >= 0.6 is 0 Å². The number of amides is 1. The Hall–Kier alpha value is -2.80. The SMILES string of the molecule is CC(C)Oc1ccc(-c2ccc3c(c2)OCC(C)(C)C3NC(=O)O[C@@H]2CN3CCC2CC3)cc1F. The standard InChI is InChI=1S/C28H35FN2O4/c1-17(2)34-23-8-6-19(13-22(23)29)20-5-7-21-24(14-20)33-16-28(3,4)26(21)30-27(32)35-25-15-31-11-9-18(25)10-12-31/h5-8,13-14,17-18,25-26H,9-12,15-16H2,1-4H3,(H,30,32)/t25-,26?/m1/s1. The van der Waals surface area contributed by atoms with E-state index in [2.05, 4.69) is 24.1 Å². The molecule has 4 aliphatic heterocycles. The number of alkyl carbamates (subject to hydrolysis) is 1. The average Bonchev–Trinajstić information content (AvgIpc) is 2.82. The van der Waals surface area contributed by atoms with Gasteiger partial charge in [-0.05, 0) is 75.0 Å². The molecule has 4 heterocycles. The lowest BCUT2D eigenvalue weighted by molar-refractivity contribution is -0.0361. The van der Waals surface area contributed by atoms with Crippen molar-refractivity contribution in [2.24, 2.45) is 11.3 Å². The Bertz CT molecular complexity index is 1090. The topological polar surface area (TPSA) is 60.0 Å². The first-order valence-electron chi connectivity index (χ1n) is 12.6. The van der Waals surface area contributed by atoms with Crippen molar-refractivity contribution in [1.82, 2.24) is 10.2 Å². The molecule has 2 atom stereocenters. The molecule has 0 aliphatic carbocycles. The first-order chi connectivity index (χ1) is 16.7. The average molecular weight is 483 g/mol. The number of hydrogen-bond donors (Lipinski definition) is 1. The van der Waals surface area contributed by atoms with E-state index < -0.39 is 5.82 Å². The molecule has 4 aliphatic rings. The summed E-state index contributed by atoms with van der Waals surface area (Å²) in [6, 6.07) is 10.5. The van der Waals surface area contributed by atoms with E-state index in [0.717, 1.165) is 49.2 Å². The number of piperidine rings is 3. The van der Waals surface area contributed by atoms with Gasteiger partial charge in [0.05, 0.1) is 18.8 Å². The van der Waals surface area contributed by atoms with E-state index in [0.29, 0.717) is 18.3 Å². The zero-order valence-electron chi connectivity index (χ0n) is 21.0. The summed E-state index contributed by atoms with van der Waals surface area (Å²) >= 11 is 0. The van der Waals surface area contributed by atoms with E-state index >= 15 is 0 Å². The minimum Gasteiger partial charge on any atom is -0.493 e. The third-order valence-corrected chi connectivity index (χ3v) is 7.45. The van der Waals surface area contributed by atoms with Gasteiger partial charge in [0.1, 0.15) is 11.9 Å². The molecule has 1 unspecified atom stereocenters. The number of benzene rings is 2. The molecular weight excluding hydrogens is 447 g/mol. The Kier molecular flexibility index (Phi) is 6.38. The van der Waals surface area contributed by atoms with Crippen LogP contribution in [-0.2, 0) is 4.74 Å². The highest BCUT2D eigenvalue weighted by molar-refractivity contribution is 5.70. The Morgan fingerprint density at radius 3 is 2.51 bits per heavy atom. The zero-order chi connectivity index (χ0) is 24.7. The van der Waals surface area contributed by atoms with E-state index in [9.17, 15) is 9.18 Å². The normalized spacial score (nSPS) is 26.6. The van der Waals surface area contributed by atoms with Gasteiger partial charge in [-0.2, -0.15) is 0 Å². The second-order valence-electron chi connectivity index (χ2n) is 11.0. The van der Waals surface area contributed by atoms with Gasteiger partial charge in [-0.1, -0.05) is 32.0 Å². The van der Waals surface area contributed by atoms with Gasteiger partial charge in [0, 0.05) is 17.5 Å². The molecular formula is C28H35FN2O4. The second-order valence-corrected chi connectivity index (χ2v) is 11.0. The summed E-state index contributed by atoms with van der Waals surface area (Å²) in [5.41, 5.74) is 2.16. The van der Waals surface area contributed by atoms with E-state index in [4.69, 9.17) is 14.2 Å². The molecule has 188 valence electrons. The van der Waals surface area contributed by atoms with Crippen LogP contribution in [0.4, 0.5) is 9.18 Å². The van der Waals surface area contributed by atoms with Gasteiger partial charge in [0.2, 0.25) is 0 Å². The molecule has 3 saturated heterocycles. The Morgan fingerprint density at radius 2 is 1.86 bits per heavy atom. The third-order valence-electron chi connectivity index (χ3n) is 7.45. The Morgan fingerprint density at radius 1 is 1.14 bits per heavy atom. The highest BCUT2D eigenvalue weighted by Crippen LogP contribution is 2.44. The van der Waals surface area contributed by atoms with Crippen LogP contribution in [0.2, 0.25) is 0 Å². The first-order valence-corrected chi connectivity index (χ1v) is 12.6. The van der Waals surface area contributed by atoms with Gasteiger partial charge in [-0.15, -0.1) is 0 Å². The van der Waals surface area contributed by atoms with Gasteiger partial charge in [-0.25, -0.2) is 9.18 Å². The van der Waals surface area contributed by atoms with Crippen molar-refractivity contribution in [3.05, 3.63) is 47.8 Å². The molecule has 1 N–H and O–H groups in total. The number of nitrogens with zero attached hydrogens (tertiary/aromatic N) is 1. The summed E-state index contributed by atoms with van der Waals surface area (Å²) in [5, 5.41) is 3.13. The fraction of sp³-hybridized carbons (Fsp3) is 0.536. The highest BCUT2D eigenvalue weighted by atomic mass is 19.1. The molecule has 0 saturated carbocycles. The van der Waals surface area contributed by atoms with Crippen LogP contribution in [0.15, 0.2) is 36.4 Å². The molecule has 1 amide bonds. The van der Waals surface area contributed by atoms with Crippen molar-refractivity contribution < 1.29 is 23.4 Å². The van der Waals surface area contributed by atoms with Crippen LogP contribution in [-0.4, -0.2) is 49.4 Å².